The fourth-order valence-electron chi connectivity index (χ4n) is 1.99. The Morgan fingerprint density at radius 1 is 1.04 bits per heavy atom. The molecule has 0 aliphatic heterocycles. The van der Waals surface area contributed by atoms with E-state index in [0.29, 0.717) is 11.3 Å². The van der Waals surface area contributed by atoms with Crippen molar-refractivity contribution in [3.05, 3.63) is 57.6 Å². The largest absolute Gasteiger partial charge is 0.399 e. The Kier molecular flexibility index (Phi) is 6.82. The lowest BCUT2D eigenvalue weighted by Crippen LogP contribution is -1.98. The number of methoxy groups -OCH3 is 1. The topological polar surface area (TPSA) is 130 Å². The average molecular weight is 318 g/mol. The molecule has 0 spiro atoms. The second kappa shape index (κ2) is 8.60. The second-order valence-electron chi connectivity index (χ2n) is 4.89. The molecule has 0 saturated heterocycles. The van der Waals surface area contributed by atoms with Crippen LogP contribution in [-0.4, -0.2) is 12.0 Å². The predicted molar refractivity (Wildman–Crippen MR) is 92.9 cm³/mol. The van der Waals surface area contributed by atoms with Gasteiger partial charge in [-0.05, 0) is 42.3 Å². The molecule has 0 atom stereocenters. The molecule has 124 valence electrons. The summed E-state index contributed by atoms with van der Waals surface area (Å²) in [6.45, 7) is 2.26. The number of nitro benzene ring substituents is 1. The molecule has 2 rings (SSSR count). The molecule has 0 fully saturated rings. The van der Waals surface area contributed by atoms with Crippen molar-refractivity contribution >= 4 is 22.7 Å². The third-order valence-electron chi connectivity index (χ3n) is 3.15. The minimum Gasteiger partial charge on any atom is -0.399 e. The zero-order chi connectivity index (χ0) is 17.4. The van der Waals surface area contributed by atoms with E-state index >= 15 is 0 Å². The Hall–Kier alpha value is -2.80. The highest BCUT2D eigenvalue weighted by Gasteiger charge is 2.12. The first kappa shape index (κ1) is 18.2. The minimum absolute atomic E-state index is 0.0380. The summed E-state index contributed by atoms with van der Waals surface area (Å²) in [5, 5.41) is 10.5. The molecule has 0 aromatic heterocycles. The van der Waals surface area contributed by atoms with E-state index in [-0.39, 0.29) is 12.3 Å². The molecule has 2 aromatic rings. The highest BCUT2D eigenvalue weighted by Crippen LogP contribution is 2.21. The molecular weight excluding hydrogens is 296 g/mol. The van der Waals surface area contributed by atoms with Crippen molar-refractivity contribution in [2.45, 2.75) is 20.0 Å². The van der Waals surface area contributed by atoms with E-state index in [1.165, 1.54) is 19.2 Å². The van der Waals surface area contributed by atoms with Crippen molar-refractivity contribution in [3.63, 3.8) is 0 Å². The fraction of sp³-hybridized carbons (Fsp3) is 0.250. The van der Waals surface area contributed by atoms with Crippen LogP contribution in [0.1, 0.15) is 18.1 Å². The number of hydrogen-bond donors (Lipinski definition) is 3. The van der Waals surface area contributed by atoms with Crippen LogP contribution in [0.25, 0.3) is 0 Å². The van der Waals surface area contributed by atoms with Crippen LogP contribution in [-0.2, 0) is 17.8 Å². The van der Waals surface area contributed by atoms with Crippen LogP contribution < -0.4 is 17.2 Å². The Bertz CT molecular complexity index is 674. The van der Waals surface area contributed by atoms with Gasteiger partial charge in [0.25, 0.3) is 5.69 Å². The van der Waals surface area contributed by atoms with Crippen LogP contribution >= 0.6 is 0 Å². The Labute approximate surface area is 135 Å². The van der Waals surface area contributed by atoms with E-state index in [4.69, 9.17) is 21.9 Å². The van der Waals surface area contributed by atoms with Crippen LogP contribution in [0.3, 0.4) is 0 Å². The quantitative estimate of drug-likeness (QED) is 0.451. The van der Waals surface area contributed by atoms with Crippen molar-refractivity contribution in [1.82, 2.24) is 0 Å². The summed E-state index contributed by atoms with van der Waals surface area (Å²) in [6, 6.07) is 9.99. The van der Waals surface area contributed by atoms with Crippen molar-refractivity contribution in [1.29, 1.82) is 0 Å². The van der Waals surface area contributed by atoms with Gasteiger partial charge in [0.15, 0.2) is 0 Å². The number of nitrogen functional groups attached to an aromatic ring is 3. The van der Waals surface area contributed by atoms with E-state index in [1.807, 2.05) is 18.2 Å². The van der Waals surface area contributed by atoms with Crippen molar-refractivity contribution in [3.8, 4) is 0 Å². The maximum absolute atomic E-state index is 10.5. The van der Waals surface area contributed by atoms with Gasteiger partial charge in [-0.15, -0.1) is 0 Å². The molecule has 7 heteroatoms. The number of nitrogens with two attached hydrogens (primary N) is 3. The van der Waals surface area contributed by atoms with E-state index in [9.17, 15) is 10.1 Å². The van der Waals surface area contributed by atoms with Gasteiger partial charge in [0, 0.05) is 30.2 Å². The van der Waals surface area contributed by atoms with Gasteiger partial charge in [-0.25, -0.2) is 0 Å². The lowest BCUT2D eigenvalue weighted by Gasteiger charge is -2.02. The van der Waals surface area contributed by atoms with Crippen LogP contribution in [0.2, 0.25) is 0 Å². The molecule has 7 nitrogen and oxygen atoms in total. The molecule has 0 unspecified atom stereocenters. The molecule has 0 aliphatic rings. The average Bonchev–Trinajstić information content (AvgIpc) is 2.50. The Morgan fingerprint density at radius 3 is 2.09 bits per heavy atom. The van der Waals surface area contributed by atoms with E-state index in [2.05, 4.69) is 6.92 Å². The van der Waals surface area contributed by atoms with Gasteiger partial charge in [0.2, 0.25) is 0 Å². The first-order valence-electron chi connectivity index (χ1n) is 7.04. The molecule has 23 heavy (non-hydrogen) atoms. The third kappa shape index (κ3) is 5.48. The summed E-state index contributed by atoms with van der Waals surface area (Å²) < 4.78 is 4.81. The number of hydrogen-bond acceptors (Lipinski definition) is 6. The second-order valence-corrected chi connectivity index (χ2v) is 4.89. The SMILES string of the molecule is CCc1cc(N)ccc1N.COCc1cc(N)ccc1[N+](=O)[O-]. The van der Waals surface area contributed by atoms with Gasteiger partial charge < -0.3 is 21.9 Å². The number of nitro groups is 1. The van der Waals surface area contributed by atoms with Crippen LogP contribution in [0, 0.1) is 10.1 Å². The maximum Gasteiger partial charge on any atom is 0.275 e. The van der Waals surface area contributed by atoms with Crippen molar-refractivity contribution in [2.75, 3.05) is 24.3 Å². The first-order valence-corrected chi connectivity index (χ1v) is 7.04. The minimum atomic E-state index is -0.451. The lowest BCUT2D eigenvalue weighted by molar-refractivity contribution is -0.385. The van der Waals surface area contributed by atoms with Crippen molar-refractivity contribution in [2.24, 2.45) is 0 Å². The lowest BCUT2D eigenvalue weighted by atomic mass is 10.1. The molecule has 0 saturated carbocycles. The molecule has 0 heterocycles. The van der Waals surface area contributed by atoms with Crippen molar-refractivity contribution < 1.29 is 9.66 Å². The zero-order valence-electron chi connectivity index (χ0n) is 13.3. The molecular formula is C16H22N4O3. The normalized spacial score (nSPS) is 9.83. The molecule has 0 amide bonds. The van der Waals surface area contributed by atoms with Gasteiger partial charge in [-0.3, -0.25) is 10.1 Å². The number of benzene rings is 2. The van der Waals surface area contributed by atoms with Gasteiger partial charge in [-0.2, -0.15) is 0 Å². The van der Waals surface area contributed by atoms with Gasteiger partial charge in [0.05, 0.1) is 17.1 Å². The van der Waals surface area contributed by atoms with E-state index in [0.717, 1.165) is 23.4 Å². The van der Waals surface area contributed by atoms with E-state index < -0.39 is 4.92 Å². The molecule has 0 bridgehead atoms. The van der Waals surface area contributed by atoms with Crippen LogP contribution in [0.15, 0.2) is 36.4 Å². The molecule has 0 aliphatic carbocycles. The Morgan fingerprint density at radius 2 is 1.61 bits per heavy atom. The molecule has 0 radical (unpaired) electrons. The number of nitrogens with zero attached hydrogens (tertiary/aromatic N) is 1. The van der Waals surface area contributed by atoms with Crippen LogP contribution in [0.4, 0.5) is 22.7 Å². The summed E-state index contributed by atoms with van der Waals surface area (Å²) in [6.07, 6.45) is 0.941. The fourth-order valence-corrected chi connectivity index (χ4v) is 1.99. The number of rotatable bonds is 4. The number of aryl methyl sites for hydroxylation is 1. The standard InChI is InChI=1S/C8H10N2O3.C8H12N2/c1-13-5-6-4-7(9)2-3-8(6)10(11)12;1-2-6-5-7(9)3-4-8(6)10/h2-4H,5,9H2,1H3;3-5H,2,9-10H2,1H3. The summed E-state index contributed by atoms with van der Waals surface area (Å²) >= 11 is 0. The van der Waals surface area contributed by atoms with Gasteiger partial charge >= 0.3 is 0 Å². The number of ether oxygens (including phenoxy) is 1. The van der Waals surface area contributed by atoms with Crippen LogP contribution in [0.5, 0.6) is 0 Å². The predicted octanol–water partition coefficient (Wildman–Crippen LogP) is 2.74. The summed E-state index contributed by atoms with van der Waals surface area (Å²) in [7, 11) is 1.48. The summed E-state index contributed by atoms with van der Waals surface area (Å²) in [4.78, 5) is 10.1. The highest BCUT2D eigenvalue weighted by atomic mass is 16.6. The summed E-state index contributed by atoms with van der Waals surface area (Å²) in [5.41, 5.74) is 20.4. The maximum atomic E-state index is 10.5. The molecule has 2 aromatic carbocycles. The molecule has 6 N–H and O–H groups in total. The van der Waals surface area contributed by atoms with Gasteiger partial charge in [-0.1, -0.05) is 6.92 Å². The van der Waals surface area contributed by atoms with E-state index in [1.54, 1.807) is 6.07 Å². The number of anilines is 3. The smallest absolute Gasteiger partial charge is 0.275 e. The highest BCUT2D eigenvalue weighted by molar-refractivity contribution is 5.55. The Balaban J connectivity index is 0.000000238. The van der Waals surface area contributed by atoms with Gasteiger partial charge in [0.1, 0.15) is 0 Å². The summed E-state index contributed by atoms with van der Waals surface area (Å²) in [5.74, 6) is 0. The monoisotopic (exact) mass is 318 g/mol. The first-order chi connectivity index (χ1) is 10.9. The zero-order valence-corrected chi connectivity index (χ0v) is 13.3. The third-order valence-corrected chi connectivity index (χ3v) is 3.15.